The van der Waals surface area contributed by atoms with Crippen LogP contribution in [0.2, 0.25) is 0 Å². The van der Waals surface area contributed by atoms with Crippen molar-refractivity contribution in [2.75, 3.05) is 19.7 Å². The molecule has 0 aromatic carbocycles. The molecule has 3 amide bonds. The number of carboxylic acids is 2. The Labute approximate surface area is 201 Å². The summed E-state index contributed by atoms with van der Waals surface area (Å²) in [7, 11) is 0. The third-order valence-corrected chi connectivity index (χ3v) is 4.69. The topological polar surface area (TPSA) is 299 Å². The SMILES string of the molecule is NCCCCC(N)C(=O)NC(CO)C(=O)NC(CC(=O)O)C(=O)NC(CCCN=C(N)N)C(=O)O. The summed E-state index contributed by atoms with van der Waals surface area (Å²) in [6, 6.07) is -5.60. The number of aliphatic hydroxyl groups is 1. The largest absolute Gasteiger partial charge is 0.481 e. The van der Waals surface area contributed by atoms with E-state index in [0.717, 1.165) is 0 Å². The van der Waals surface area contributed by atoms with Gasteiger partial charge >= 0.3 is 11.9 Å². The lowest BCUT2D eigenvalue weighted by Gasteiger charge is -2.23. The summed E-state index contributed by atoms with van der Waals surface area (Å²) < 4.78 is 0. The number of aliphatic imine (C=N–C) groups is 1. The average molecular weight is 505 g/mol. The highest BCUT2D eigenvalue weighted by Gasteiger charge is 2.31. The number of aliphatic carboxylic acids is 2. The number of aliphatic hydroxyl groups excluding tert-OH is 1. The van der Waals surface area contributed by atoms with Crippen LogP contribution in [-0.2, 0) is 24.0 Å². The molecule has 0 aromatic heterocycles. The van der Waals surface area contributed by atoms with E-state index in [2.05, 4.69) is 20.9 Å². The van der Waals surface area contributed by atoms with Crippen LogP contribution in [0.15, 0.2) is 4.99 Å². The van der Waals surface area contributed by atoms with Crippen LogP contribution in [0.25, 0.3) is 0 Å². The minimum atomic E-state index is -1.69. The van der Waals surface area contributed by atoms with Gasteiger partial charge in [-0.1, -0.05) is 6.42 Å². The number of rotatable bonds is 18. The number of carboxylic acid groups (broad SMARTS) is 2. The predicted molar refractivity (Wildman–Crippen MR) is 124 cm³/mol. The third kappa shape index (κ3) is 13.7. The maximum atomic E-state index is 12.6. The van der Waals surface area contributed by atoms with Crippen LogP contribution in [0.1, 0.15) is 38.5 Å². The normalized spacial score (nSPS) is 14.0. The molecule has 0 aliphatic carbocycles. The number of nitrogens with two attached hydrogens (primary N) is 4. The monoisotopic (exact) mass is 504 g/mol. The molecule has 16 nitrogen and oxygen atoms in total. The van der Waals surface area contributed by atoms with Gasteiger partial charge in [0, 0.05) is 6.54 Å². The van der Waals surface area contributed by atoms with E-state index in [4.69, 9.17) is 28.0 Å². The molecule has 0 saturated carbocycles. The molecule has 0 radical (unpaired) electrons. The van der Waals surface area contributed by atoms with Gasteiger partial charge in [-0.15, -0.1) is 0 Å². The summed E-state index contributed by atoms with van der Waals surface area (Å²) in [4.78, 5) is 63.6. The Balaban J connectivity index is 5.19. The van der Waals surface area contributed by atoms with Crippen molar-refractivity contribution in [2.45, 2.75) is 62.7 Å². The molecule has 0 saturated heterocycles. The summed E-state index contributed by atoms with van der Waals surface area (Å²) in [5.74, 6) is -5.92. The maximum Gasteiger partial charge on any atom is 0.326 e. The molecule has 0 aliphatic rings. The molecular weight excluding hydrogens is 468 g/mol. The Kier molecular flexibility index (Phi) is 15.3. The van der Waals surface area contributed by atoms with Crippen molar-refractivity contribution in [3.8, 4) is 0 Å². The number of nitrogens with zero attached hydrogens (tertiary/aromatic N) is 1. The van der Waals surface area contributed by atoms with Crippen LogP contribution in [0.4, 0.5) is 0 Å². The lowest BCUT2D eigenvalue weighted by molar-refractivity contribution is -0.143. The molecule has 0 aliphatic heterocycles. The zero-order valence-electron chi connectivity index (χ0n) is 19.3. The van der Waals surface area contributed by atoms with Crippen LogP contribution in [0, 0.1) is 0 Å². The van der Waals surface area contributed by atoms with Crippen molar-refractivity contribution in [3.63, 3.8) is 0 Å². The van der Waals surface area contributed by atoms with Gasteiger partial charge in [-0.2, -0.15) is 0 Å². The van der Waals surface area contributed by atoms with E-state index in [0.29, 0.717) is 19.4 Å². The van der Waals surface area contributed by atoms with Crippen LogP contribution in [0.3, 0.4) is 0 Å². The molecule has 4 unspecified atom stereocenters. The van der Waals surface area contributed by atoms with Gasteiger partial charge in [0.05, 0.1) is 19.1 Å². The van der Waals surface area contributed by atoms with Gasteiger partial charge < -0.3 is 54.2 Å². The lowest BCUT2D eigenvalue weighted by Crippen LogP contribution is -2.58. The number of amides is 3. The molecule has 0 heterocycles. The first kappa shape index (κ1) is 31.5. The second-order valence-electron chi connectivity index (χ2n) is 7.64. The molecule has 0 spiro atoms. The Morgan fingerprint density at radius 1 is 0.800 bits per heavy atom. The molecule has 16 heteroatoms. The first-order valence-electron chi connectivity index (χ1n) is 10.9. The molecular formula is C19H36N8O8. The van der Waals surface area contributed by atoms with Gasteiger partial charge in [0.15, 0.2) is 5.96 Å². The third-order valence-electron chi connectivity index (χ3n) is 4.69. The summed E-state index contributed by atoms with van der Waals surface area (Å²) in [6.45, 7) is -0.345. The van der Waals surface area contributed by atoms with E-state index >= 15 is 0 Å². The summed E-state index contributed by atoms with van der Waals surface area (Å²) in [6.07, 6.45) is 0.717. The molecule has 0 rings (SSSR count). The number of nitrogens with one attached hydrogen (secondary N) is 3. The van der Waals surface area contributed by atoms with Crippen molar-refractivity contribution in [1.82, 2.24) is 16.0 Å². The average Bonchev–Trinajstić information content (AvgIpc) is 2.77. The second kappa shape index (κ2) is 17.0. The smallest absolute Gasteiger partial charge is 0.326 e. The Bertz CT molecular complexity index is 759. The van der Waals surface area contributed by atoms with E-state index < -0.39 is 66.9 Å². The number of hydrogen-bond donors (Lipinski definition) is 10. The van der Waals surface area contributed by atoms with Gasteiger partial charge in [-0.25, -0.2) is 4.79 Å². The maximum absolute atomic E-state index is 12.6. The quantitative estimate of drug-likeness (QED) is 0.0480. The highest BCUT2D eigenvalue weighted by Crippen LogP contribution is 2.03. The van der Waals surface area contributed by atoms with Crippen LogP contribution >= 0.6 is 0 Å². The second-order valence-corrected chi connectivity index (χ2v) is 7.64. The van der Waals surface area contributed by atoms with Crippen molar-refractivity contribution in [1.29, 1.82) is 0 Å². The molecule has 0 bridgehead atoms. The number of hydrogen-bond acceptors (Lipinski definition) is 9. The standard InChI is InChI=1S/C19H36N8O8/c20-6-2-1-4-10(21)15(31)27-13(9-28)17(33)26-12(8-14(29)30)16(32)25-11(18(34)35)5-3-7-24-19(22)23/h10-13,28H,1-9,20-21H2,(H,25,32)(H,26,33)(H,27,31)(H,29,30)(H,34,35)(H4,22,23,24). The minimum Gasteiger partial charge on any atom is -0.481 e. The van der Waals surface area contributed by atoms with E-state index in [1.54, 1.807) is 0 Å². The van der Waals surface area contributed by atoms with E-state index in [9.17, 15) is 34.2 Å². The first-order valence-corrected chi connectivity index (χ1v) is 10.9. The molecule has 200 valence electrons. The number of guanidine groups is 1. The van der Waals surface area contributed by atoms with Crippen LogP contribution in [-0.4, -0.2) is 94.8 Å². The summed E-state index contributed by atoms with van der Waals surface area (Å²) in [5.41, 5.74) is 21.5. The number of carbonyl (C=O) groups is 5. The lowest BCUT2D eigenvalue weighted by atomic mass is 10.1. The van der Waals surface area contributed by atoms with Gasteiger partial charge in [0.25, 0.3) is 0 Å². The Morgan fingerprint density at radius 3 is 1.89 bits per heavy atom. The van der Waals surface area contributed by atoms with Gasteiger partial charge in [-0.05, 0) is 32.2 Å². The minimum absolute atomic E-state index is 0.0804. The summed E-state index contributed by atoms with van der Waals surface area (Å²) >= 11 is 0. The van der Waals surface area contributed by atoms with Crippen LogP contribution in [0.5, 0.6) is 0 Å². The predicted octanol–water partition coefficient (Wildman–Crippen LogP) is -4.50. The highest BCUT2D eigenvalue weighted by molar-refractivity contribution is 5.95. The molecule has 0 fully saturated rings. The van der Waals surface area contributed by atoms with E-state index in [1.165, 1.54) is 0 Å². The molecule has 0 aromatic rings. The van der Waals surface area contributed by atoms with E-state index in [-0.39, 0.29) is 31.8 Å². The van der Waals surface area contributed by atoms with Gasteiger partial charge in [0.2, 0.25) is 17.7 Å². The molecule has 35 heavy (non-hydrogen) atoms. The fraction of sp³-hybridized carbons (Fsp3) is 0.684. The Morgan fingerprint density at radius 2 is 1.37 bits per heavy atom. The molecule has 4 atom stereocenters. The Hall–Kier alpha value is -3.50. The van der Waals surface area contributed by atoms with Gasteiger partial charge in [0.1, 0.15) is 18.1 Å². The van der Waals surface area contributed by atoms with E-state index in [1.807, 2.05) is 0 Å². The van der Waals surface area contributed by atoms with Crippen molar-refractivity contribution < 1.29 is 39.3 Å². The number of unbranched alkanes of at least 4 members (excludes halogenated alkanes) is 1. The highest BCUT2D eigenvalue weighted by atomic mass is 16.4. The summed E-state index contributed by atoms with van der Waals surface area (Å²) in [5, 5.41) is 34.4. The van der Waals surface area contributed by atoms with Gasteiger partial charge in [-0.3, -0.25) is 24.2 Å². The number of carbonyl (C=O) groups excluding carboxylic acids is 3. The first-order chi connectivity index (χ1) is 16.4. The van der Waals surface area contributed by atoms with Crippen molar-refractivity contribution >= 4 is 35.6 Å². The zero-order valence-corrected chi connectivity index (χ0v) is 19.3. The van der Waals surface area contributed by atoms with Crippen molar-refractivity contribution in [2.24, 2.45) is 27.9 Å². The fourth-order valence-electron chi connectivity index (χ4n) is 2.80. The molecule has 14 N–H and O–H groups in total. The fourth-order valence-corrected chi connectivity index (χ4v) is 2.80. The zero-order chi connectivity index (χ0) is 27.0. The van der Waals surface area contributed by atoms with Crippen LogP contribution < -0.4 is 38.9 Å². The van der Waals surface area contributed by atoms with Crippen molar-refractivity contribution in [3.05, 3.63) is 0 Å².